The Balaban J connectivity index is 0.000000157. The third-order valence-corrected chi connectivity index (χ3v) is 8.80. The summed E-state index contributed by atoms with van der Waals surface area (Å²) in [6, 6.07) is 19.5. The third kappa shape index (κ3) is 6.21. The summed E-state index contributed by atoms with van der Waals surface area (Å²) in [7, 11) is 1.60. The molecule has 2 aromatic carbocycles. The lowest BCUT2D eigenvalue weighted by Gasteiger charge is -2.24. The monoisotopic (exact) mass is 580 g/mol. The van der Waals surface area contributed by atoms with Crippen LogP contribution in [-0.4, -0.2) is 66.5 Å². The van der Waals surface area contributed by atoms with Crippen LogP contribution in [0.15, 0.2) is 71.5 Å². The number of pyridine rings is 1. The number of benzene rings is 2. The standard InChI is InChI=1S/C19H17N3O2.C15H19NO3/c20-12-14-11-13(16-3-7-21-18-6-10-24-19(16)18)1-2-17(14)22-15-4-8-23-9-5-15;1-19-12-4-2-3-10(7-12)15(18)16-8-11-5-6-14(17)13(11)9-16/h1-3,6-7,10-11,15,22H,4-5,8-9H2;2-4,7,11,13-14,17H,5-6,8-9H2,1H3. The van der Waals surface area contributed by atoms with Gasteiger partial charge in [-0.05, 0) is 73.6 Å². The fourth-order valence-corrected chi connectivity index (χ4v) is 6.43. The number of aliphatic hydroxyl groups is 1. The number of aliphatic hydroxyl groups excluding tert-OH is 1. The summed E-state index contributed by atoms with van der Waals surface area (Å²) in [5.74, 6) is 1.49. The molecule has 0 radical (unpaired) electrons. The summed E-state index contributed by atoms with van der Waals surface area (Å²) < 4.78 is 16.1. The second kappa shape index (κ2) is 12.9. The molecule has 1 saturated carbocycles. The lowest BCUT2D eigenvalue weighted by molar-refractivity contribution is 0.0752. The average Bonchev–Trinajstić information content (AvgIpc) is 3.79. The molecule has 2 aromatic heterocycles. The number of hydrogen-bond donors (Lipinski definition) is 2. The van der Waals surface area contributed by atoms with Crippen LogP contribution < -0.4 is 10.1 Å². The van der Waals surface area contributed by atoms with E-state index in [4.69, 9.17) is 13.9 Å². The molecule has 3 fully saturated rings. The predicted molar refractivity (Wildman–Crippen MR) is 163 cm³/mol. The van der Waals surface area contributed by atoms with Crippen LogP contribution in [0.25, 0.3) is 22.2 Å². The maximum atomic E-state index is 12.4. The average molecular weight is 581 g/mol. The Kier molecular flexibility index (Phi) is 8.59. The molecule has 222 valence electrons. The number of rotatable bonds is 5. The SMILES string of the molecule is COc1cccc(C(=O)N2CC3CCC(O)C3C2)c1.N#Cc1cc(-c2ccnc3ccoc23)ccc1NC1CCOCC1. The zero-order valence-electron chi connectivity index (χ0n) is 24.2. The molecule has 3 atom stereocenters. The number of hydrogen-bond acceptors (Lipinski definition) is 8. The van der Waals surface area contributed by atoms with E-state index in [9.17, 15) is 15.2 Å². The highest BCUT2D eigenvalue weighted by molar-refractivity contribution is 5.95. The Bertz CT molecular complexity index is 1620. The minimum atomic E-state index is -0.229. The maximum absolute atomic E-state index is 12.4. The van der Waals surface area contributed by atoms with Crippen LogP contribution >= 0.6 is 0 Å². The van der Waals surface area contributed by atoms with Gasteiger partial charge in [0.25, 0.3) is 5.91 Å². The van der Waals surface area contributed by atoms with Crippen molar-refractivity contribution in [1.29, 1.82) is 5.26 Å². The Morgan fingerprint density at radius 3 is 2.74 bits per heavy atom. The van der Waals surface area contributed by atoms with Crippen molar-refractivity contribution in [3.8, 4) is 22.9 Å². The zero-order chi connectivity index (χ0) is 29.8. The Morgan fingerprint density at radius 2 is 1.95 bits per heavy atom. The third-order valence-electron chi connectivity index (χ3n) is 8.80. The molecule has 4 aromatic rings. The van der Waals surface area contributed by atoms with Crippen molar-refractivity contribution in [3.05, 3.63) is 78.2 Å². The first kappa shape index (κ1) is 28.7. The minimum Gasteiger partial charge on any atom is -0.497 e. The molecule has 9 nitrogen and oxygen atoms in total. The zero-order valence-corrected chi connectivity index (χ0v) is 24.2. The van der Waals surface area contributed by atoms with Crippen LogP contribution in [0.5, 0.6) is 5.75 Å². The normalized spacial score (nSPS) is 21.5. The lowest BCUT2D eigenvalue weighted by Crippen LogP contribution is -2.31. The Labute approximate surface area is 251 Å². The van der Waals surface area contributed by atoms with Gasteiger partial charge in [-0.25, -0.2) is 0 Å². The molecule has 1 aliphatic carbocycles. The van der Waals surface area contributed by atoms with Crippen LogP contribution in [0.2, 0.25) is 0 Å². The molecular formula is C34H36N4O5. The molecule has 0 bridgehead atoms. The van der Waals surface area contributed by atoms with E-state index in [2.05, 4.69) is 16.4 Å². The van der Waals surface area contributed by atoms with Gasteiger partial charge in [-0.2, -0.15) is 5.26 Å². The van der Waals surface area contributed by atoms with Crippen molar-refractivity contribution in [3.63, 3.8) is 0 Å². The second-order valence-electron chi connectivity index (χ2n) is 11.4. The van der Waals surface area contributed by atoms with Crippen molar-refractivity contribution in [2.24, 2.45) is 11.8 Å². The minimum absolute atomic E-state index is 0.0421. The van der Waals surface area contributed by atoms with Crippen LogP contribution in [0, 0.1) is 23.2 Å². The summed E-state index contributed by atoms with van der Waals surface area (Å²) >= 11 is 0. The lowest BCUT2D eigenvalue weighted by atomic mass is 10.00. The molecule has 3 aliphatic rings. The van der Waals surface area contributed by atoms with Gasteiger partial charge in [-0.1, -0.05) is 12.1 Å². The van der Waals surface area contributed by atoms with Crippen molar-refractivity contribution in [1.82, 2.24) is 9.88 Å². The van der Waals surface area contributed by atoms with E-state index in [0.29, 0.717) is 35.4 Å². The molecule has 1 amide bonds. The van der Waals surface area contributed by atoms with E-state index in [1.54, 1.807) is 25.6 Å². The molecular weight excluding hydrogens is 544 g/mol. The molecule has 2 saturated heterocycles. The fraction of sp³-hybridized carbons (Fsp3) is 0.382. The number of methoxy groups -OCH3 is 1. The van der Waals surface area contributed by atoms with E-state index in [0.717, 1.165) is 73.4 Å². The van der Waals surface area contributed by atoms with Gasteiger partial charge in [0.1, 0.15) is 17.3 Å². The molecule has 2 aliphatic heterocycles. The number of nitrogens with zero attached hydrogens (tertiary/aromatic N) is 3. The smallest absolute Gasteiger partial charge is 0.254 e. The molecule has 7 rings (SSSR count). The highest BCUT2D eigenvalue weighted by Gasteiger charge is 2.43. The fourth-order valence-electron chi connectivity index (χ4n) is 6.43. The summed E-state index contributed by atoms with van der Waals surface area (Å²) in [5, 5.41) is 22.9. The van der Waals surface area contributed by atoms with Gasteiger partial charge < -0.3 is 29.2 Å². The number of amides is 1. The van der Waals surface area contributed by atoms with Gasteiger partial charge >= 0.3 is 0 Å². The number of aromatic nitrogens is 1. The largest absolute Gasteiger partial charge is 0.497 e. The first-order valence-electron chi connectivity index (χ1n) is 14.9. The number of carbonyl (C=O) groups is 1. The number of furan rings is 1. The van der Waals surface area contributed by atoms with E-state index < -0.39 is 0 Å². The summed E-state index contributed by atoms with van der Waals surface area (Å²) in [4.78, 5) is 18.6. The number of likely N-dealkylation sites (tertiary alicyclic amines) is 1. The topological polar surface area (TPSA) is 121 Å². The number of carbonyl (C=O) groups excluding carboxylic acids is 1. The van der Waals surface area contributed by atoms with Gasteiger partial charge in [0.15, 0.2) is 5.58 Å². The van der Waals surface area contributed by atoms with Gasteiger partial charge in [0, 0.05) is 61.7 Å². The maximum Gasteiger partial charge on any atom is 0.254 e. The van der Waals surface area contributed by atoms with Crippen LogP contribution in [0.4, 0.5) is 5.69 Å². The van der Waals surface area contributed by atoms with Gasteiger partial charge in [0.05, 0.1) is 30.7 Å². The number of anilines is 1. The predicted octanol–water partition coefficient (Wildman–Crippen LogP) is 5.50. The molecule has 4 heterocycles. The van der Waals surface area contributed by atoms with Crippen molar-refractivity contribution < 1.29 is 23.8 Å². The van der Waals surface area contributed by atoms with Crippen LogP contribution in [0.1, 0.15) is 41.6 Å². The molecule has 0 spiro atoms. The number of ether oxygens (including phenoxy) is 2. The van der Waals surface area contributed by atoms with Gasteiger partial charge in [-0.15, -0.1) is 0 Å². The highest BCUT2D eigenvalue weighted by atomic mass is 16.5. The van der Waals surface area contributed by atoms with Gasteiger partial charge in [-0.3, -0.25) is 9.78 Å². The first-order chi connectivity index (χ1) is 21.0. The van der Waals surface area contributed by atoms with Gasteiger partial charge in [0.2, 0.25) is 0 Å². The molecule has 3 unspecified atom stereocenters. The Hall–Kier alpha value is -4.39. The molecule has 2 N–H and O–H groups in total. The summed E-state index contributed by atoms with van der Waals surface area (Å²) in [6.45, 7) is 3.00. The van der Waals surface area contributed by atoms with E-state index >= 15 is 0 Å². The second-order valence-corrected chi connectivity index (χ2v) is 11.4. The first-order valence-corrected chi connectivity index (χ1v) is 14.9. The van der Waals surface area contributed by atoms with E-state index in [-0.39, 0.29) is 17.9 Å². The quantitative estimate of drug-likeness (QED) is 0.318. The molecule has 9 heteroatoms. The summed E-state index contributed by atoms with van der Waals surface area (Å²) in [5.41, 5.74) is 5.62. The van der Waals surface area contributed by atoms with Crippen molar-refractivity contribution in [2.45, 2.75) is 37.8 Å². The van der Waals surface area contributed by atoms with E-state index in [1.807, 2.05) is 53.4 Å². The van der Waals surface area contributed by atoms with Crippen LogP contribution in [-0.2, 0) is 4.74 Å². The number of nitriles is 1. The Morgan fingerprint density at radius 1 is 1.09 bits per heavy atom. The van der Waals surface area contributed by atoms with Crippen molar-refractivity contribution >= 4 is 22.7 Å². The van der Waals surface area contributed by atoms with E-state index in [1.165, 1.54) is 0 Å². The molecule has 43 heavy (non-hydrogen) atoms. The highest BCUT2D eigenvalue weighted by Crippen LogP contribution is 2.38. The van der Waals surface area contributed by atoms with Crippen LogP contribution in [0.3, 0.4) is 0 Å². The van der Waals surface area contributed by atoms with Crippen molar-refractivity contribution in [2.75, 3.05) is 38.7 Å². The number of nitrogens with one attached hydrogen (secondary N) is 1. The number of fused-ring (bicyclic) bond motifs is 2. The summed E-state index contributed by atoms with van der Waals surface area (Å²) in [6.07, 6.45) is 7.01.